The molecule has 1 unspecified atom stereocenters. The number of nitrogens with one attached hydrogen (secondary N) is 2. The molecule has 27 heavy (non-hydrogen) atoms. The van der Waals surface area contributed by atoms with Crippen molar-refractivity contribution in [3.63, 3.8) is 0 Å². The van der Waals surface area contributed by atoms with Crippen molar-refractivity contribution in [2.24, 2.45) is 7.05 Å². The molecular weight excluding hydrogens is 342 g/mol. The van der Waals surface area contributed by atoms with Gasteiger partial charge in [-0.2, -0.15) is 10.2 Å². The number of amides is 1. The predicted octanol–water partition coefficient (Wildman–Crippen LogP) is 1.65. The molecule has 0 aliphatic carbocycles. The van der Waals surface area contributed by atoms with E-state index in [1.54, 1.807) is 10.9 Å². The summed E-state index contributed by atoms with van der Waals surface area (Å²) in [5, 5.41) is 15.9. The monoisotopic (exact) mass is 363 g/mol. The molecule has 0 fully saturated rings. The van der Waals surface area contributed by atoms with Crippen LogP contribution in [0.1, 0.15) is 35.7 Å². The number of hydrogen-bond acceptors (Lipinski definition) is 5. The lowest BCUT2D eigenvalue weighted by Gasteiger charge is -2.22. The van der Waals surface area contributed by atoms with Gasteiger partial charge in [0.05, 0.1) is 17.1 Å². The van der Waals surface area contributed by atoms with Crippen molar-refractivity contribution in [3.05, 3.63) is 47.5 Å². The van der Waals surface area contributed by atoms with E-state index in [0.717, 1.165) is 54.4 Å². The molecule has 0 aromatic carbocycles. The van der Waals surface area contributed by atoms with Gasteiger partial charge in [0.25, 0.3) is 0 Å². The largest absolute Gasteiger partial charge is 0.311 e. The Labute approximate surface area is 156 Å². The molecule has 5 rings (SSSR count). The van der Waals surface area contributed by atoms with Gasteiger partial charge in [-0.25, -0.2) is 0 Å². The first-order chi connectivity index (χ1) is 13.2. The maximum atomic E-state index is 12.4. The van der Waals surface area contributed by atoms with Crippen LogP contribution in [0.4, 0.5) is 5.82 Å². The lowest BCUT2D eigenvalue weighted by atomic mass is 9.87. The molecule has 138 valence electrons. The molecule has 3 aromatic rings. The summed E-state index contributed by atoms with van der Waals surface area (Å²) in [5.41, 5.74) is 4.92. The summed E-state index contributed by atoms with van der Waals surface area (Å²) in [7, 11) is 1.85. The summed E-state index contributed by atoms with van der Waals surface area (Å²) in [6, 6.07) is 6.03. The number of rotatable bonds is 2. The topological polar surface area (TPSA) is 89.7 Å². The van der Waals surface area contributed by atoms with E-state index in [9.17, 15) is 4.79 Å². The summed E-state index contributed by atoms with van der Waals surface area (Å²) < 4.78 is 3.81. The third-order valence-corrected chi connectivity index (χ3v) is 5.28. The van der Waals surface area contributed by atoms with Gasteiger partial charge in [-0.15, -0.1) is 0 Å². The number of carbonyl (C=O) groups excluding carboxylic acids is 1. The lowest BCUT2D eigenvalue weighted by Crippen LogP contribution is -2.25. The van der Waals surface area contributed by atoms with Gasteiger partial charge >= 0.3 is 0 Å². The summed E-state index contributed by atoms with van der Waals surface area (Å²) in [6.07, 6.45) is 4.98. The molecule has 0 radical (unpaired) electrons. The zero-order chi connectivity index (χ0) is 18.4. The van der Waals surface area contributed by atoms with Crippen LogP contribution in [0.5, 0.6) is 0 Å². The van der Waals surface area contributed by atoms with Crippen LogP contribution in [0.2, 0.25) is 0 Å². The number of carbonyl (C=O) groups is 1. The van der Waals surface area contributed by atoms with Gasteiger partial charge in [-0.05, 0) is 31.2 Å². The third-order valence-electron chi connectivity index (χ3n) is 5.28. The molecule has 2 N–H and O–H groups in total. The van der Waals surface area contributed by atoms with Crippen molar-refractivity contribution < 1.29 is 4.79 Å². The van der Waals surface area contributed by atoms with E-state index in [2.05, 4.69) is 31.5 Å². The number of aryl methyl sites for hydroxylation is 2. The molecule has 0 saturated heterocycles. The second kappa shape index (κ2) is 6.31. The zero-order valence-corrected chi connectivity index (χ0v) is 15.1. The molecule has 0 bridgehead atoms. The van der Waals surface area contributed by atoms with E-state index in [1.807, 2.05) is 25.4 Å². The van der Waals surface area contributed by atoms with Gasteiger partial charge in [0, 0.05) is 56.0 Å². The number of pyridine rings is 1. The number of aromatic nitrogens is 5. The number of anilines is 1. The van der Waals surface area contributed by atoms with Crippen molar-refractivity contribution in [2.45, 2.75) is 31.8 Å². The lowest BCUT2D eigenvalue weighted by molar-refractivity contribution is -0.116. The first kappa shape index (κ1) is 16.2. The quantitative estimate of drug-likeness (QED) is 0.723. The van der Waals surface area contributed by atoms with Crippen molar-refractivity contribution in [2.75, 3.05) is 11.9 Å². The molecule has 2 aliphatic heterocycles. The van der Waals surface area contributed by atoms with Crippen LogP contribution in [-0.4, -0.2) is 37.0 Å². The molecule has 2 aliphatic rings. The van der Waals surface area contributed by atoms with Crippen LogP contribution in [0.15, 0.2) is 30.6 Å². The molecular formula is C19H21N7O. The number of nitrogens with zero attached hydrogens (tertiary/aromatic N) is 5. The fraction of sp³-hybridized carbons (Fsp3) is 0.368. The Balaban J connectivity index is 1.65. The van der Waals surface area contributed by atoms with E-state index >= 15 is 0 Å². The van der Waals surface area contributed by atoms with Crippen LogP contribution in [0.25, 0.3) is 11.3 Å². The van der Waals surface area contributed by atoms with Gasteiger partial charge in [-0.1, -0.05) is 0 Å². The third kappa shape index (κ3) is 2.73. The van der Waals surface area contributed by atoms with Gasteiger partial charge in [-0.3, -0.25) is 19.1 Å². The van der Waals surface area contributed by atoms with Crippen molar-refractivity contribution >= 4 is 11.7 Å². The highest BCUT2D eigenvalue weighted by atomic mass is 16.1. The Morgan fingerprint density at radius 2 is 2.22 bits per heavy atom. The first-order valence-electron chi connectivity index (χ1n) is 9.25. The summed E-state index contributed by atoms with van der Waals surface area (Å²) in [6.45, 7) is 2.71. The molecule has 8 nitrogen and oxygen atoms in total. The van der Waals surface area contributed by atoms with Crippen molar-refractivity contribution in [1.29, 1.82) is 0 Å². The minimum atomic E-state index is -0.114. The van der Waals surface area contributed by atoms with E-state index in [0.29, 0.717) is 6.42 Å². The minimum Gasteiger partial charge on any atom is -0.311 e. The molecule has 3 aromatic heterocycles. The molecule has 0 saturated carbocycles. The highest BCUT2D eigenvalue weighted by Crippen LogP contribution is 2.42. The highest BCUT2D eigenvalue weighted by Gasteiger charge is 2.35. The molecule has 1 amide bonds. The Hall–Kier alpha value is -3.00. The van der Waals surface area contributed by atoms with Gasteiger partial charge in [0.2, 0.25) is 5.91 Å². The Morgan fingerprint density at radius 3 is 3.07 bits per heavy atom. The van der Waals surface area contributed by atoms with Crippen LogP contribution in [0, 0.1) is 0 Å². The minimum absolute atomic E-state index is 0.00504. The average molecular weight is 363 g/mol. The maximum Gasteiger partial charge on any atom is 0.226 e. The summed E-state index contributed by atoms with van der Waals surface area (Å²) in [5.74, 6) is 0.628. The molecule has 0 spiro atoms. The average Bonchev–Trinajstić information content (AvgIpc) is 3.16. The van der Waals surface area contributed by atoms with Crippen LogP contribution < -0.4 is 10.6 Å². The van der Waals surface area contributed by atoms with Crippen molar-refractivity contribution in [3.8, 4) is 11.3 Å². The Bertz CT molecular complexity index is 981. The van der Waals surface area contributed by atoms with Gasteiger partial charge in [0.15, 0.2) is 0 Å². The standard InChI is InChI=1S/C19H21N7O/c1-25-19-17(18(24-25)12-4-2-5-20-10-12)14(9-16(27)22-19)15-8-13-11-21-6-3-7-26(13)23-15/h2,4-5,8,10,14,21H,3,6-7,9,11H2,1H3,(H,22,27). The second-order valence-electron chi connectivity index (χ2n) is 7.10. The van der Waals surface area contributed by atoms with Gasteiger partial charge < -0.3 is 10.6 Å². The maximum absolute atomic E-state index is 12.4. The van der Waals surface area contributed by atoms with Gasteiger partial charge in [0.1, 0.15) is 5.82 Å². The van der Waals surface area contributed by atoms with Crippen LogP contribution >= 0.6 is 0 Å². The smallest absolute Gasteiger partial charge is 0.226 e. The predicted molar refractivity (Wildman–Crippen MR) is 100 cm³/mol. The number of fused-ring (bicyclic) bond motifs is 2. The van der Waals surface area contributed by atoms with Crippen LogP contribution in [0.3, 0.4) is 0 Å². The summed E-state index contributed by atoms with van der Waals surface area (Å²) in [4.78, 5) is 16.6. The van der Waals surface area contributed by atoms with E-state index in [1.165, 1.54) is 5.69 Å². The first-order valence-corrected chi connectivity index (χ1v) is 9.25. The second-order valence-corrected chi connectivity index (χ2v) is 7.10. The van der Waals surface area contributed by atoms with E-state index in [-0.39, 0.29) is 11.8 Å². The SMILES string of the molecule is Cn1nc(-c2cccnc2)c2c1NC(=O)CC2c1cc2n(n1)CCCNC2. The zero-order valence-electron chi connectivity index (χ0n) is 15.1. The molecule has 1 atom stereocenters. The van der Waals surface area contributed by atoms with E-state index < -0.39 is 0 Å². The highest BCUT2D eigenvalue weighted by molar-refractivity contribution is 5.96. The van der Waals surface area contributed by atoms with Crippen LogP contribution in [-0.2, 0) is 24.9 Å². The molecule has 8 heteroatoms. The van der Waals surface area contributed by atoms with Crippen molar-refractivity contribution in [1.82, 2.24) is 29.9 Å². The van der Waals surface area contributed by atoms with E-state index in [4.69, 9.17) is 5.10 Å². The fourth-order valence-corrected chi connectivity index (χ4v) is 4.01. The number of hydrogen-bond donors (Lipinski definition) is 2. The Kier molecular flexibility index (Phi) is 3.78. The normalized spacial score (nSPS) is 19.1. The fourth-order valence-electron chi connectivity index (χ4n) is 4.01. The molecule has 5 heterocycles. The summed E-state index contributed by atoms with van der Waals surface area (Å²) >= 11 is 0. The Morgan fingerprint density at radius 1 is 1.30 bits per heavy atom.